The Kier molecular flexibility index (Phi) is 5.72. The van der Waals surface area contributed by atoms with Gasteiger partial charge in [0.2, 0.25) is 0 Å². The fraction of sp³-hybridized carbons (Fsp3) is 0.480. The monoisotopic (exact) mass is 434 g/mol. The molecule has 0 radical (unpaired) electrons. The Morgan fingerprint density at radius 3 is 2.75 bits per heavy atom. The normalized spacial score (nSPS) is 16.8. The van der Waals surface area contributed by atoms with Gasteiger partial charge in [0.1, 0.15) is 23.9 Å². The second-order valence-corrected chi connectivity index (χ2v) is 8.87. The third kappa shape index (κ3) is 3.92. The van der Waals surface area contributed by atoms with Gasteiger partial charge in [0.05, 0.1) is 16.8 Å². The molecule has 2 aromatic heterocycles. The van der Waals surface area contributed by atoms with Gasteiger partial charge in [-0.2, -0.15) is 0 Å². The van der Waals surface area contributed by atoms with Gasteiger partial charge < -0.3 is 18.7 Å². The van der Waals surface area contributed by atoms with Crippen LogP contribution in [0.2, 0.25) is 0 Å². The molecule has 7 nitrogen and oxygen atoms in total. The Balaban J connectivity index is 1.25. The average Bonchev–Trinajstić information content (AvgIpc) is 3.40. The van der Waals surface area contributed by atoms with E-state index in [0.717, 1.165) is 55.9 Å². The molecule has 0 N–H and O–H groups in total. The van der Waals surface area contributed by atoms with Crippen LogP contribution in [0.4, 0.5) is 0 Å². The number of piperidine rings is 1. The van der Waals surface area contributed by atoms with E-state index in [1.54, 1.807) is 0 Å². The van der Waals surface area contributed by atoms with Gasteiger partial charge in [-0.05, 0) is 58.1 Å². The summed E-state index contributed by atoms with van der Waals surface area (Å²) in [5.41, 5.74) is 3.72. The van der Waals surface area contributed by atoms with E-state index in [4.69, 9.17) is 14.2 Å². The lowest BCUT2D eigenvalue weighted by Gasteiger charge is -2.32. The van der Waals surface area contributed by atoms with Crippen LogP contribution in [-0.2, 0) is 19.6 Å². The molecule has 1 fully saturated rings. The molecule has 32 heavy (non-hydrogen) atoms. The maximum atomic E-state index is 13.3. The highest BCUT2D eigenvalue weighted by molar-refractivity contribution is 5.97. The van der Waals surface area contributed by atoms with E-state index in [9.17, 15) is 4.79 Å². The minimum atomic E-state index is 0.0305. The number of carbonyl (C=O) groups is 1. The number of ether oxygens (including phenoxy) is 1. The van der Waals surface area contributed by atoms with Crippen molar-refractivity contribution in [3.63, 3.8) is 0 Å². The van der Waals surface area contributed by atoms with E-state index in [-0.39, 0.29) is 5.91 Å². The Morgan fingerprint density at radius 2 is 1.97 bits per heavy atom. The first kappa shape index (κ1) is 20.8. The predicted octanol–water partition coefficient (Wildman–Crippen LogP) is 4.42. The lowest BCUT2D eigenvalue weighted by molar-refractivity contribution is 0.0705. The summed E-state index contributed by atoms with van der Waals surface area (Å²) in [7, 11) is 0. The van der Waals surface area contributed by atoms with E-state index in [0.29, 0.717) is 23.8 Å². The Hall–Kier alpha value is -3.09. The molecule has 1 amide bonds. The van der Waals surface area contributed by atoms with Crippen molar-refractivity contribution in [2.24, 2.45) is 0 Å². The van der Waals surface area contributed by atoms with Crippen LogP contribution in [-0.4, -0.2) is 38.6 Å². The maximum absolute atomic E-state index is 13.3. The molecule has 1 saturated heterocycles. The van der Waals surface area contributed by atoms with Crippen molar-refractivity contribution in [1.29, 1.82) is 0 Å². The molecule has 7 heteroatoms. The summed E-state index contributed by atoms with van der Waals surface area (Å²) in [4.78, 5) is 20.0. The Labute approximate surface area is 188 Å². The number of aryl methyl sites for hydroxylation is 3. The van der Waals surface area contributed by atoms with E-state index >= 15 is 0 Å². The number of amides is 1. The predicted molar refractivity (Wildman–Crippen MR) is 120 cm³/mol. The summed E-state index contributed by atoms with van der Waals surface area (Å²) in [5.74, 6) is 3.02. The van der Waals surface area contributed by atoms with Gasteiger partial charge in [0.15, 0.2) is 0 Å². The third-order valence-electron chi connectivity index (χ3n) is 6.85. The van der Waals surface area contributed by atoms with Gasteiger partial charge in [0.25, 0.3) is 5.91 Å². The summed E-state index contributed by atoms with van der Waals surface area (Å²) in [6.07, 6.45) is 7.58. The highest BCUT2D eigenvalue weighted by atomic mass is 16.5. The molecular formula is C25H30N4O3. The number of aromatic nitrogens is 3. The number of imidazole rings is 1. The minimum Gasteiger partial charge on any atom is -0.488 e. The first-order valence-corrected chi connectivity index (χ1v) is 11.6. The lowest BCUT2D eigenvalue weighted by atomic mass is 9.95. The van der Waals surface area contributed by atoms with Gasteiger partial charge >= 0.3 is 0 Å². The average molecular weight is 435 g/mol. The van der Waals surface area contributed by atoms with Crippen molar-refractivity contribution in [3.8, 4) is 5.75 Å². The lowest BCUT2D eigenvalue weighted by Crippen LogP contribution is -2.38. The number of fused-ring (bicyclic) bond motifs is 1. The topological polar surface area (TPSA) is 73.4 Å². The summed E-state index contributed by atoms with van der Waals surface area (Å²) < 4.78 is 13.7. The minimum absolute atomic E-state index is 0.0305. The Morgan fingerprint density at radius 1 is 1.16 bits per heavy atom. The SMILES string of the molecule is Cc1noc(C)c1COc1ccccc1C(=O)N1CCC(c2ncc3n2CCCC3)CC1. The molecule has 0 unspecified atom stereocenters. The zero-order valence-corrected chi connectivity index (χ0v) is 18.8. The van der Waals surface area contributed by atoms with Gasteiger partial charge in [-0.25, -0.2) is 4.98 Å². The van der Waals surface area contributed by atoms with Crippen molar-refractivity contribution in [3.05, 3.63) is 64.6 Å². The van der Waals surface area contributed by atoms with Crippen LogP contribution in [0.15, 0.2) is 35.0 Å². The molecule has 3 aromatic rings. The molecule has 2 aliphatic rings. The summed E-state index contributed by atoms with van der Waals surface area (Å²) >= 11 is 0. The second kappa shape index (κ2) is 8.81. The summed E-state index contributed by atoms with van der Waals surface area (Å²) in [6.45, 7) is 6.66. The highest BCUT2D eigenvalue weighted by Crippen LogP contribution is 2.31. The highest BCUT2D eigenvalue weighted by Gasteiger charge is 2.29. The third-order valence-corrected chi connectivity index (χ3v) is 6.85. The number of carbonyl (C=O) groups excluding carboxylic acids is 1. The fourth-order valence-corrected chi connectivity index (χ4v) is 4.92. The van der Waals surface area contributed by atoms with Gasteiger partial charge in [-0.3, -0.25) is 4.79 Å². The number of likely N-dealkylation sites (tertiary alicyclic amines) is 1. The van der Waals surface area contributed by atoms with Gasteiger partial charge in [0, 0.05) is 37.4 Å². The van der Waals surface area contributed by atoms with Gasteiger partial charge in [-0.15, -0.1) is 0 Å². The number of hydrogen-bond acceptors (Lipinski definition) is 5. The molecule has 0 bridgehead atoms. The number of rotatable bonds is 5. The van der Waals surface area contributed by atoms with Crippen molar-refractivity contribution in [2.75, 3.05) is 13.1 Å². The molecule has 5 rings (SSSR count). The molecule has 0 spiro atoms. The number of hydrogen-bond donors (Lipinski definition) is 0. The van der Waals surface area contributed by atoms with Crippen LogP contribution < -0.4 is 4.74 Å². The summed E-state index contributed by atoms with van der Waals surface area (Å²) in [6, 6.07) is 7.49. The molecule has 0 aliphatic carbocycles. The van der Waals surface area contributed by atoms with E-state index < -0.39 is 0 Å². The number of benzene rings is 1. The Bertz CT molecular complexity index is 1090. The van der Waals surface area contributed by atoms with Crippen LogP contribution in [0, 0.1) is 13.8 Å². The van der Waals surface area contributed by atoms with Crippen LogP contribution in [0.1, 0.15) is 70.5 Å². The number of nitrogens with zero attached hydrogens (tertiary/aromatic N) is 4. The smallest absolute Gasteiger partial charge is 0.257 e. The van der Waals surface area contributed by atoms with Crippen LogP contribution in [0.5, 0.6) is 5.75 Å². The van der Waals surface area contributed by atoms with E-state index in [1.165, 1.54) is 24.4 Å². The molecule has 168 valence electrons. The molecule has 1 aromatic carbocycles. The van der Waals surface area contributed by atoms with Crippen molar-refractivity contribution in [2.45, 2.75) is 65.0 Å². The van der Waals surface area contributed by atoms with Crippen molar-refractivity contribution in [1.82, 2.24) is 19.6 Å². The van der Waals surface area contributed by atoms with Crippen LogP contribution in [0.25, 0.3) is 0 Å². The fourth-order valence-electron chi connectivity index (χ4n) is 4.92. The zero-order chi connectivity index (χ0) is 22.1. The molecule has 0 saturated carbocycles. The molecular weight excluding hydrogens is 404 g/mol. The van der Waals surface area contributed by atoms with Gasteiger partial charge in [-0.1, -0.05) is 17.3 Å². The second-order valence-electron chi connectivity index (χ2n) is 8.87. The van der Waals surface area contributed by atoms with E-state index in [2.05, 4.69) is 15.9 Å². The maximum Gasteiger partial charge on any atom is 0.257 e. The van der Waals surface area contributed by atoms with Crippen molar-refractivity contribution >= 4 is 5.91 Å². The molecule has 0 atom stereocenters. The van der Waals surface area contributed by atoms with Crippen LogP contribution in [0.3, 0.4) is 0 Å². The number of para-hydroxylation sites is 1. The quantitative estimate of drug-likeness (QED) is 0.594. The first-order valence-electron chi connectivity index (χ1n) is 11.6. The summed E-state index contributed by atoms with van der Waals surface area (Å²) in [5, 5.41) is 3.98. The molecule has 4 heterocycles. The zero-order valence-electron chi connectivity index (χ0n) is 18.8. The molecule has 2 aliphatic heterocycles. The van der Waals surface area contributed by atoms with Crippen molar-refractivity contribution < 1.29 is 14.1 Å². The largest absolute Gasteiger partial charge is 0.488 e. The van der Waals surface area contributed by atoms with Crippen LogP contribution >= 0.6 is 0 Å². The van der Waals surface area contributed by atoms with E-state index in [1.807, 2.05) is 43.0 Å². The standard InChI is InChI=1S/C25H30N4O3/c1-17-22(18(2)32-27-17)16-31-23-9-4-3-8-21(23)25(30)28-13-10-19(11-14-28)24-26-15-20-7-5-6-12-29(20)24/h3-4,8-9,15,19H,5-7,10-14,16H2,1-2H3. The first-order chi connectivity index (χ1) is 15.6.